The topological polar surface area (TPSA) is 78.9 Å². The van der Waals surface area contributed by atoms with Crippen LogP contribution in [0.25, 0.3) is 0 Å². The molecule has 0 spiro atoms. The number of aromatic hydroxyl groups is 1. The maximum atomic E-state index is 12.2. The van der Waals surface area contributed by atoms with Gasteiger partial charge >= 0.3 is 6.09 Å². The molecule has 2 amide bonds. The zero-order chi connectivity index (χ0) is 16.9. The molecule has 6 heteroatoms. The van der Waals surface area contributed by atoms with Crippen molar-refractivity contribution < 1.29 is 19.4 Å². The number of hydrogen-bond donors (Lipinski definition) is 2. The van der Waals surface area contributed by atoms with Gasteiger partial charge in [0.1, 0.15) is 17.4 Å². The molecular formula is C16H24N2O4. The third kappa shape index (κ3) is 6.03. The van der Waals surface area contributed by atoms with Crippen molar-refractivity contribution >= 4 is 12.0 Å². The molecule has 0 saturated carbocycles. The van der Waals surface area contributed by atoms with Crippen LogP contribution in [-0.4, -0.2) is 47.7 Å². The van der Waals surface area contributed by atoms with Gasteiger partial charge in [0, 0.05) is 20.5 Å². The number of carbonyl (C=O) groups excluding carboxylic acids is 2. The molecule has 0 fully saturated rings. The molecule has 0 bridgehead atoms. The SMILES string of the molecule is CN(C)C(=O)C(Cc1ccc(O)cc1)NC(=O)OC(C)(C)C. The highest BCUT2D eigenvalue weighted by molar-refractivity contribution is 5.85. The minimum Gasteiger partial charge on any atom is -0.508 e. The number of nitrogens with one attached hydrogen (secondary N) is 1. The molecule has 2 N–H and O–H groups in total. The summed E-state index contributed by atoms with van der Waals surface area (Å²) < 4.78 is 5.19. The van der Waals surface area contributed by atoms with Crippen LogP contribution in [0.15, 0.2) is 24.3 Å². The van der Waals surface area contributed by atoms with Gasteiger partial charge in [0.05, 0.1) is 0 Å². The minimum absolute atomic E-state index is 0.152. The van der Waals surface area contributed by atoms with Crippen molar-refractivity contribution in [3.8, 4) is 5.75 Å². The Kier molecular flexibility index (Phi) is 5.79. The van der Waals surface area contributed by atoms with Gasteiger partial charge < -0.3 is 20.1 Å². The van der Waals surface area contributed by atoms with Crippen molar-refractivity contribution in [1.29, 1.82) is 0 Å². The van der Waals surface area contributed by atoms with E-state index in [0.717, 1.165) is 5.56 Å². The number of benzene rings is 1. The third-order valence-corrected chi connectivity index (χ3v) is 2.81. The zero-order valence-corrected chi connectivity index (χ0v) is 13.7. The molecule has 0 heterocycles. The van der Waals surface area contributed by atoms with Crippen LogP contribution in [-0.2, 0) is 16.0 Å². The predicted molar refractivity (Wildman–Crippen MR) is 83.7 cm³/mol. The fourth-order valence-electron chi connectivity index (χ4n) is 1.83. The Hall–Kier alpha value is -2.24. The molecule has 0 aromatic heterocycles. The van der Waals surface area contributed by atoms with Crippen LogP contribution >= 0.6 is 0 Å². The molecule has 1 atom stereocenters. The molecule has 1 unspecified atom stereocenters. The van der Waals surface area contributed by atoms with E-state index in [-0.39, 0.29) is 11.7 Å². The number of phenols is 1. The maximum absolute atomic E-state index is 12.2. The summed E-state index contributed by atoms with van der Waals surface area (Å²) >= 11 is 0. The van der Waals surface area contributed by atoms with Crippen molar-refractivity contribution in [2.75, 3.05) is 14.1 Å². The van der Waals surface area contributed by atoms with Gasteiger partial charge in [0.25, 0.3) is 0 Å². The monoisotopic (exact) mass is 308 g/mol. The van der Waals surface area contributed by atoms with Crippen molar-refractivity contribution in [3.63, 3.8) is 0 Å². The Labute approximate surface area is 131 Å². The van der Waals surface area contributed by atoms with E-state index in [1.54, 1.807) is 59.1 Å². The van der Waals surface area contributed by atoms with Crippen molar-refractivity contribution in [2.45, 2.75) is 38.8 Å². The van der Waals surface area contributed by atoms with Gasteiger partial charge in [-0.25, -0.2) is 4.79 Å². The Bertz CT molecular complexity index is 518. The second kappa shape index (κ2) is 7.15. The van der Waals surface area contributed by atoms with E-state index in [1.807, 2.05) is 0 Å². The van der Waals surface area contributed by atoms with Crippen LogP contribution in [0.1, 0.15) is 26.3 Å². The average molecular weight is 308 g/mol. The molecular weight excluding hydrogens is 284 g/mol. The van der Waals surface area contributed by atoms with Crippen LogP contribution in [0.5, 0.6) is 5.75 Å². The lowest BCUT2D eigenvalue weighted by Gasteiger charge is -2.25. The molecule has 1 aromatic rings. The number of rotatable bonds is 4. The lowest BCUT2D eigenvalue weighted by atomic mass is 10.0. The predicted octanol–water partition coefficient (Wildman–Crippen LogP) is 1.92. The fraction of sp³-hybridized carbons (Fsp3) is 0.500. The highest BCUT2D eigenvalue weighted by Gasteiger charge is 2.25. The van der Waals surface area contributed by atoms with E-state index in [1.165, 1.54) is 4.90 Å². The van der Waals surface area contributed by atoms with E-state index >= 15 is 0 Å². The van der Waals surface area contributed by atoms with E-state index in [0.29, 0.717) is 6.42 Å². The summed E-state index contributed by atoms with van der Waals surface area (Å²) in [5.74, 6) is -0.0710. The molecule has 0 aliphatic carbocycles. The highest BCUT2D eigenvalue weighted by atomic mass is 16.6. The molecule has 122 valence electrons. The first-order chi connectivity index (χ1) is 10.1. The third-order valence-electron chi connectivity index (χ3n) is 2.81. The normalized spacial score (nSPS) is 12.4. The van der Waals surface area contributed by atoms with Gasteiger partial charge in [-0.1, -0.05) is 12.1 Å². The van der Waals surface area contributed by atoms with Gasteiger partial charge in [-0.2, -0.15) is 0 Å². The Morgan fingerprint density at radius 3 is 2.23 bits per heavy atom. The maximum Gasteiger partial charge on any atom is 0.408 e. The van der Waals surface area contributed by atoms with Crippen molar-refractivity contribution in [3.05, 3.63) is 29.8 Å². The number of phenolic OH excluding ortho intramolecular Hbond substituents is 1. The van der Waals surface area contributed by atoms with Crippen LogP contribution in [0, 0.1) is 0 Å². The van der Waals surface area contributed by atoms with Crippen molar-refractivity contribution in [2.24, 2.45) is 0 Å². The number of hydrogen-bond acceptors (Lipinski definition) is 4. The molecule has 0 aliphatic heterocycles. The van der Waals surface area contributed by atoms with Gasteiger partial charge in [0.2, 0.25) is 5.91 Å². The Morgan fingerprint density at radius 1 is 1.23 bits per heavy atom. The summed E-state index contributed by atoms with van der Waals surface area (Å²) in [7, 11) is 3.26. The molecule has 1 aromatic carbocycles. The Balaban J connectivity index is 2.82. The molecule has 22 heavy (non-hydrogen) atoms. The number of carbonyl (C=O) groups is 2. The van der Waals surface area contributed by atoms with E-state index in [2.05, 4.69) is 5.32 Å². The second-order valence-electron chi connectivity index (χ2n) is 6.30. The zero-order valence-electron chi connectivity index (χ0n) is 13.7. The highest BCUT2D eigenvalue weighted by Crippen LogP contribution is 2.13. The number of nitrogens with zero attached hydrogens (tertiary/aromatic N) is 1. The fourth-order valence-corrected chi connectivity index (χ4v) is 1.83. The summed E-state index contributed by atoms with van der Waals surface area (Å²) in [6.07, 6.45) is -0.317. The molecule has 1 rings (SSSR count). The summed E-state index contributed by atoms with van der Waals surface area (Å²) in [6.45, 7) is 5.28. The molecule has 0 aliphatic rings. The molecule has 0 radical (unpaired) electrons. The van der Waals surface area contributed by atoms with E-state index in [9.17, 15) is 14.7 Å². The first kappa shape index (κ1) is 17.8. The lowest BCUT2D eigenvalue weighted by Crippen LogP contribution is -2.48. The van der Waals surface area contributed by atoms with Gasteiger partial charge in [-0.3, -0.25) is 4.79 Å². The minimum atomic E-state index is -0.727. The molecule has 0 saturated heterocycles. The summed E-state index contributed by atoms with van der Waals surface area (Å²) in [5.41, 5.74) is 0.197. The quantitative estimate of drug-likeness (QED) is 0.890. The van der Waals surface area contributed by atoms with Gasteiger partial charge in [-0.15, -0.1) is 0 Å². The first-order valence-electron chi connectivity index (χ1n) is 7.07. The number of ether oxygens (including phenoxy) is 1. The standard InChI is InChI=1S/C16H24N2O4/c1-16(2,3)22-15(21)17-13(14(20)18(4)5)10-11-6-8-12(19)9-7-11/h6-9,13,19H,10H2,1-5H3,(H,17,21). The average Bonchev–Trinajstić information content (AvgIpc) is 2.37. The number of amides is 2. The lowest BCUT2D eigenvalue weighted by molar-refractivity contribution is -0.130. The van der Waals surface area contributed by atoms with Gasteiger partial charge in [0.15, 0.2) is 0 Å². The van der Waals surface area contributed by atoms with Crippen LogP contribution in [0.2, 0.25) is 0 Å². The van der Waals surface area contributed by atoms with Gasteiger partial charge in [-0.05, 0) is 38.5 Å². The number of likely N-dealkylation sites (N-methyl/N-ethyl adjacent to an activating group) is 1. The van der Waals surface area contributed by atoms with Crippen LogP contribution in [0.3, 0.4) is 0 Å². The van der Waals surface area contributed by atoms with Crippen LogP contribution < -0.4 is 5.32 Å². The summed E-state index contributed by atoms with van der Waals surface area (Å²) in [6, 6.07) is 5.78. The smallest absolute Gasteiger partial charge is 0.408 e. The Morgan fingerprint density at radius 2 is 1.77 bits per heavy atom. The largest absolute Gasteiger partial charge is 0.508 e. The van der Waals surface area contributed by atoms with E-state index in [4.69, 9.17) is 4.74 Å². The molecule has 6 nitrogen and oxygen atoms in total. The second-order valence-corrected chi connectivity index (χ2v) is 6.30. The van der Waals surface area contributed by atoms with E-state index < -0.39 is 17.7 Å². The summed E-state index contributed by atoms with van der Waals surface area (Å²) in [4.78, 5) is 25.5. The van der Waals surface area contributed by atoms with Crippen molar-refractivity contribution in [1.82, 2.24) is 10.2 Å². The summed E-state index contributed by atoms with van der Waals surface area (Å²) in [5, 5.41) is 11.9. The number of alkyl carbamates (subject to hydrolysis) is 1. The first-order valence-corrected chi connectivity index (χ1v) is 7.07. The van der Waals surface area contributed by atoms with Crippen LogP contribution in [0.4, 0.5) is 4.79 Å².